The van der Waals surface area contributed by atoms with Gasteiger partial charge in [0, 0.05) is 18.4 Å². The molecule has 1 atom stereocenters. The Morgan fingerprint density at radius 3 is 3.00 bits per heavy atom. The molecule has 2 aliphatic rings. The molecule has 0 saturated heterocycles. The van der Waals surface area contributed by atoms with Crippen LogP contribution in [0.3, 0.4) is 0 Å². The number of urea groups is 1. The molecule has 0 radical (unpaired) electrons. The first kappa shape index (κ1) is 11.5. The van der Waals surface area contributed by atoms with E-state index in [1.807, 2.05) is 16.9 Å². The lowest BCUT2D eigenvalue weighted by Gasteiger charge is -2.22. The number of rotatable bonds is 3. The third-order valence-electron chi connectivity index (χ3n) is 3.95. The number of benzene rings is 1. The Bertz CT molecular complexity index is 648. The van der Waals surface area contributed by atoms with E-state index in [-0.39, 0.29) is 12.1 Å². The highest BCUT2D eigenvalue weighted by Crippen LogP contribution is 2.43. The van der Waals surface area contributed by atoms with E-state index in [9.17, 15) is 4.79 Å². The van der Waals surface area contributed by atoms with Crippen LogP contribution in [0.25, 0.3) is 0 Å². The van der Waals surface area contributed by atoms with Crippen molar-refractivity contribution in [3.8, 4) is 0 Å². The molecule has 20 heavy (non-hydrogen) atoms. The van der Waals surface area contributed by atoms with Crippen LogP contribution < -0.4 is 10.6 Å². The summed E-state index contributed by atoms with van der Waals surface area (Å²) in [6.07, 6.45) is 6.10. The van der Waals surface area contributed by atoms with Gasteiger partial charge in [-0.15, -0.1) is 5.10 Å². The van der Waals surface area contributed by atoms with Gasteiger partial charge in [-0.25, -0.2) is 9.48 Å². The highest BCUT2D eigenvalue weighted by molar-refractivity contribution is 5.92. The van der Waals surface area contributed by atoms with E-state index in [0.717, 1.165) is 11.3 Å². The predicted molar refractivity (Wildman–Crippen MR) is 73.2 cm³/mol. The highest BCUT2D eigenvalue weighted by atomic mass is 16.2. The fraction of sp³-hybridized carbons (Fsp3) is 0.357. The van der Waals surface area contributed by atoms with Crippen molar-refractivity contribution < 1.29 is 4.79 Å². The second-order valence-corrected chi connectivity index (χ2v) is 5.39. The van der Waals surface area contributed by atoms with Crippen LogP contribution >= 0.6 is 0 Å². The molecular weight excluding hydrogens is 254 g/mol. The zero-order valence-corrected chi connectivity index (χ0v) is 10.9. The number of nitrogens with one attached hydrogen (secondary N) is 2. The van der Waals surface area contributed by atoms with Gasteiger partial charge in [-0.3, -0.25) is 0 Å². The largest absolute Gasteiger partial charge is 0.334 e. The Morgan fingerprint density at radius 2 is 2.25 bits per heavy atom. The zero-order chi connectivity index (χ0) is 13.5. The normalized spacial score (nSPS) is 18.9. The molecular formula is C14H15N5O. The van der Waals surface area contributed by atoms with E-state index in [2.05, 4.69) is 33.1 Å². The van der Waals surface area contributed by atoms with Gasteiger partial charge in [-0.05, 0) is 42.0 Å². The third-order valence-corrected chi connectivity index (χ3v) is 3.95. The minimum Gasteiger partial charge on any atom is -0.334 e. The van der Waals surface area contributed by atoms with Crippen molar-refractivity contribution >= 4 is 11.7 Å². The summed E-state index contributed by atoms with van der Waals surface area (Å²) < 4.78 is 1.94. The monoisotopic (exact) mass is 269 g/mol. The number of anilines is 1. The highest BCUT2D eigenvalue weighted by Gasteiger charge is 2.34. The van der Waals surface area contributed by atoms with Gasteiger partial charge in [-0.2, -0.15) is 0 Å². The van der Waals surface area contributed by atoms with Crippen LogP contribution in [0.5, 0.6) is 0 Å². The lowest BCUT2D eigenvalue weighted by atomic mass is 9.98. The Labute approximate surface area is 116 Å². The molecule has 1 aromatic carbocycles. The van der Waals surface area contributed by atoms with Crippen LogP contribution in [0.4, 0.5) is 10.5 Å². The van der Waals surface area contributed by atoms with Crippen LogP contribution in [0, 0.1) is 5.92 Å². The van der Waals surface area contributed by atoms with E-state index in [1.165, 1.54) is 18.4 Å². The summed E-state index contributed by atoms with van der Waals surface area (Å²) in [6, 6.07) is 6.33. The molecule has 1 unspecified atom stereocenters. The summed E-state index contributed by atoms with van der Waals surface area (Å²) in [5.74, 6) is 0.640. The summed E-state index contributed by atoms with van der Waals surface area (Å²) in [5.41, 5.74) is 3.24. The molecule has 1 aliphatic carbocycles. The van der Waals surface area contributed by atoms with E-state index >= 15 is 0 Å². The van der Waals surface area contributed by atoms with Crippen molar-refractivity contribution in [3.63, 3.8) is 0 Å². The number of aromatic nitrogens is 3. The molecule has 1 aliphatic heterocycles. The molecule has 2 amide bonds. The van der Waals surface area contributed by atoms with Crippen LogP contribution in [0.15, 0.2) is 30.6 Å². The minimum absolute atomic E-state index is 0.139. The van der Waals surface area contributed by atoms with Crippen molar-refractivity contribution in [1.82, 2.24) is 20.3 Å². The summed E-state index contributed by atoms with van der Waals surface area (Å²) in [5, 5.41) is 13.7. The van der Waals surface area contributed by atoms with Gasteiger partial charge in [0.25, 0.3) is 0 Å². The smallest absolute Gasteiger partial charge is 0.319 e. The Morgan fingerprint density at radius 1 is 1.35 bits per heavy atom. The van der Waals surface area contributed by atoms with Gasteiger partial charge in [-0.1, -0.05) is 11.3 Å². The SMILES string of the molecule is O=C1NCc2cc(C(C3CC3)n3ccnn3)ccc2N1. The van der Waals surface area contributed by atoms with Gasteiger partial charge in [0.15, 0.2) is 0 Å². The molecule has 6 nitrogen and oxygen atoms in total. The number of carbonyl (C=O) groups is 1. The molecule has 4 rings (SSSR count). The van der Waals surface area contributed by atoms with Crippen LogP contribution in [-0.2, 0) is 6.54 Å². The van der Waals surface area contributed by atoms with E-state index < -0.39 is 0 Å². The maximum absolute atomic E-state index is 11.3. The molecule has 1 fully saturated rings. The number of nitrogens with zero attached hydrogens (tertiary/aromatic N) is 3. The topological polar surface area (TPSA) is 71.8 Å². The van der Waals surface area contributed by atoms with Gasteiger partial charge < -0.3 is 10.6 Å². The Balaban J connectivity index is 1.72. The first-order valence-corrected chi connectivity index (χ1v) is 6.85. The fourth-order valence-corrected chi connectivity index (χ4v) is 2.83. The maximum Gasteiger partial charge on any atom is 0.319 e. The summed E-state index contributed by atoms with van der Waals surface area (Å²) in [7, 11) is 0. The standard InChI is InChI=1S/C14H15N5O/c20-14-15-8-11-7-10(3-4-12(11)17-14)13(9-1-2-9)19-6-5-16-18-19/h3-7,9,13H,1-2,8H2,(H2,15,17,20). The van der Waals surface area contributed by atoms with Gasteiger partial charge >= 0.3 is 6.03 Å². The summed E-state index contributed by atoms with van der Waals surface area (Å²) >= 11 is 0. The van der Waals surface area contributed by atoms with Crippen molar-refractivity contribution in [2.24, 2.45) is 5.92 Å². The van der Waals surface area contributed by atoms with Crippen LogP contribution in [0.2, 0.25) is 0 Å². The van der Waals surface area contributed by atoms with Crippen molar-refractivity contribution in [2.45, 2.75) is 25.4 Å². The second kappa shape index (κ2) is 4.33. The van der Waals surface area contributed by atoms with Crippen LogP contribution in [-0.4, -0.2) is 21.0 Å². The van der Waals surface area contributed by atoms with Gasteiger partial charge in [0.1, 0.15) is 0 Å². The Kier molecular flexibility index (Phi) is 2.48. The number of fused-ring (bicyclic) bond motifs is 1. The van der Waals surface area contributed by atoms with Gasteiger partial charge in [0.2, 0.25) is 0 Å². The van der Waals surface area contributed by atoms with Crippen molar-refractivity contribution in [2.75, 3.05) is 5.32 Å². The molecule has 0 bridgehead atoms. The summed E-state index contributed by atoms with van der Waals surface area (Å²) in [6.45, 7) is 0.573. The zero-order valence-electron chi connectivity index (χ0n) is 10.9. The molecule has 1 saturated carbocycles. The van der Waals surface area contributed by atoms with E-state index in [0.29, 0.717) is 12.5 Å². The summed E-state index contributed by atoms with van der Waals surface area (Å²) in [4.78, 5) is 11.3. The van der Waals surface area contributed by atoms with Gasteiger partial charge in [0.05, 0.1) is 12.2 Å². The quantitative estimate of drug-likeness (QED) is 0.894. The average Bonchev–Trinajstić information content (AvgIpc) is 3.14. The van der Waals surface area contributed by atoms with E-state index in [4.69, 9.17) is 0 Å². The fourth-order valence-electron chi connectivity index (χ4n) is 2.83. The molecule has 2 aromatic rings. The predicted octanol–water partition coefficient (Wildman–Crippen LogP) is 1.91. The molecule has 2 N–H and O–H groups in total. The minimum atomic E-state index is -0.139. The second-order valence-electron chi connectivity index (χ2n) is 5.39. The van der Waals surface area contributed by atoms with Crippen LogP contribution in [0.1, 0.15) is 30.0 Å². The first-order chi connectivity index (χ1) is 9.81. The lowest BCUT2D eigenvalue weighted by molar-refractivity contribution is 0.251. The molecule has 0 spiro atoms. The molecule has 102 valence electrons. The molecule has 6 heteroatoms. The number of hydrogen-bond acceptors (Lipinski definition) is 3. The van der Waals surface area contributed by atoms with E-state index in [1.54, 1.807) is 6.20 Å². The first-order valence-electron chi connectivity index (χ1n) is 6.85. The number of hydrogen-bond donors (Lipinski definition) is 2. The average molecular weight is 269 g/mol. The molecule has 2 heterocycles. The lowest BCUT2D eigenvalue weighted by Crippen LogP contribution is -2.33. The number of carbonyl (C=O) groups excluding carboxylic acids is 1. The molecule has 1 aromatic heterocycles. The third kappa shape index (κ3) is 1.93. The van der Waals surface area contributed by atoms with Crippen molar-refractivity contribution in [3.05, 3.63) is 41.7 Å². The number of amides is 2. The van der Waals surface area contributed by atoms with Crippen molar-refractivity contribution in [1.29, 1.82) is 0 Å². The Hall–Kier alpha value is -2.37. The maximum atomic E-state index is 11.3.